The standard InChI is InChI=1S/C14H22O/c1-11(2)9-12-5-3-7-14(10-12)8-4-6-13(14)15/h3,5,9,12-13,15H,4,6-8,10H2,1-2H3. The maximum absolute atomic E-state index is 10.1. The molecule has 15 heavy (non-hydrogen) atoms. The van der Waals surface area contributed by atoms with Crippen molar-refractivity contribution in [2.24, 2.45) is 11.3 Å². The third-order valence-electron chi connectivity index (χ3n) is 3.96. The Bertz CT molecular complexity index is 286. The van der Waals surface area contributed by atoms with E-state index in [2.05, 4.69) is 32.1 Å². The van der Waals surface area contributed by atoms with Crippen LogP contribution in [0, 0.1) is 11.3 Å². The lowest BCUT2D eigenvalue weighted by Gasteiger charge is -2.37. The molecule has 1 nitrogen and oxygen atoms in total. The minimum absolute atomic E-state index is 0.0597. The number of allylic oxidation sites excluding steroid dienone is 4. The summed E-state index contributed by atoms with van der Waals surface area (Å²) in [5, 5.41) is 10.1. The lowest BCUT2D eigenvalue weighted by atomic mass is 9.70. The summed E-state index contributed by atoms with van der Waals surface area (Å²) in [6, 6.07) is 0. The molecule has 0 aliphatic heterocycles. The second-order valence-electron chi connectivity index (χ2n) is 5.51. The second-order valence-corrected chi connectivity index (χ2v) is 5.51. The molecule has 0 heterocycles. The van der Waals surface area contributed by atoms with Gasteiger partial charge >= 0.3 is 0 Å². The van der Waals surface area contributed by atoms with Gasteiger partial charge in [0.15, 0.2) is 0 Å². The Kier molecular flexibility index (Phi) is 3.01. The lowest BCUT2D eigenvalue weighted by Crippen LogP contribution is -2.33. The van der Waals surface area contributed by atoms with Gasteiger partial charge in [-0.05, 0) is 45.4 Å². The SMILES string of the molecule is CC(C)=CC1C=CCC2(CCCC2O)C1. The van der Waals surface area contributed by atoms with E-state index < -0.39 is 0 Å². The predicted octanol–water partition coefficient (Wildman–Crippen LogP) is 3.45. The van der Waals surface area contributed by atoms with E-state index in [1.165, 1.54) is 18.4 Å². The summed E-state index contributed by atoms with van der Waals surface area (Å²) < 4.78 is 0. The molecule has 2 rings (SSSR count). The Balaban J connectivity index is 2.13. The van der Waals surface area contributed by atoms with E-state index in [9.17, 15) is 5.11 Å². The zero-order valence-corrected chi connectivity index (χ0v) is 9.87. The van der Waals surface area contributed by atoms with Crippen LogP contribution in [0.25, 0.3) is 0 Å². The van der Waals surface area contributed by atoms with Crippen LogP contribution in [-0.2, 0) is 0 Å². The van der Waals surface area contributed by atoms with Crippen LogP contribution in [0.1, 0.15) is 46.0 Å². The Morgan fingerprint density at radius 2 is 2.27 bits per heavy atom. The molecular weight excluding hydrogens is 184 g/mol. The van der Waals surface area contributed by atoms with Gasteiger partial charge in [-0.3, -0.25) is 0 Å². The van der Waals surface area contributed by atoms with Crippen molar-refractivity contribution in [3.8, 4) is 0 Å². The van der Waals surface area contributed by atoms with Gasteiger partial charge in [-0.2, -0.15) is 0 Å². The second kappa shape index (κ2) is 4.13. The summed E-state index contributed by atoms with van der Waals surface area (Å²) >= 11 is 0. The van der Waals surface area contributed by atoms with Gasteiger partial charge in [-0.25, -0.2) is 0 Å². The number of aliphatic hydroxyl groups excluding tert-OH is 1. The van der Waals surface area contributed by atoms with Crippen LogP contribution < -0.4 is 0 Å². The molecule has 0 aromatic rings. The molecule has 2 aliphatic rings. The monoisotopic (exact) mass is 206 g/mol. The Morgan fingerprint density at radius 3 is 2.87 bits per heavy atom. The summed E-state index contributed by atoms with van der Waals surface area (Å²) in [4.78, 5) is 0. The maximum Gasteiger partial charge on any atom is 0.0599 e. The van der Waals surface area contributed by atoms with Crippen molar-refractivity contribution in [2.45, 2.75) is 52.1 Å². The number of hydrogen-bond acceptors (Lipinski definition) is 1. The smallest absolute Gasteiger partial charge is 0.0599 e. The van der Waals surface area contributed by atoms with Crippen LogP contribution >= 0.6 is 0 Å². The van der Waals surface area contributed by atoms with Gasteiger partial charge in [0.2, 0.25) is 0 Å². The van der Waals surface area contributed by atoms with Crippen molar-refractivity contribution in [3.63, 3.8) is 0 Å². The molecule has 1 saturated carbocycles. The molecule has 84 valence electrons. The summed E-state index contributed by atoms with van der Waals surface area (Å²) in [5.74, 6) is 0.552. The molecule has 0 aromatic heterocycles. The molecule has 3 unspecified atom stereocenters. The summed E-state index contributed by atoms with van der Waals surface area (Å²) in [6.45, 7) is 4.31. The van der Waals surface area contributed by atoms with Gasteiger partial charge in [0.25, 0.3) is 0 Å². The highest BCUT2D eigenvalue weighted by Gasteiger charge is 2.43. The number of rotatable bonds is 1. The van der Waals surface area contributed by atoms with Crippen molar-refractivity contribution in [1.82, 2.24) is 0 Å². The first-order valence-corrected chi connectivity index (χ1v) is 6.12. The molecule has 1 spiro atoms. The van der Waals surface area contributed by atoms with Gasteiger partial charge in [0, 0.05) is 5.41 Å². The molecule has 0 saturated heterocycles. The van der Waals surface area contributed by atoms with Crippen LogP contribution in [0.3, 0.4) is 0 Å². The highest BCUT2D eigenvalue weighted by molar-refractivity contribution is 5.13. The Labute approximate surface area is 92.9 Å². The maximum atomic E-state index is 10.1. The van der Waals surface area contributed by atoms with E-state index in [1.54, 1.807) is 0 Å². The van der Waals surface area contributed by atoms with Crippen molar-refractivity contribution in [1.29, 1.82) is 0 Å². The molecule has 3 atom stereocenters. The Hall–Kier alpha value is -0.560. The summed E-state index contributed by atoms with van der Waals surface area (Å²) in [5.41, 5.74) is 1.60. The molecule has 0 aromatic carbocycles. The third-order valence-corrected chi connectivity index (χ3v) is 3.96. The normalized spacial score (nSPS) is 39.7. The van der Waals surface area contributed by atoms with Gasteiger partial charge in [0.05, 0.1) is 6.10 Å². The highest BCUT2D eigenvalue weighted by atomic mass is 16.3. The quantitative estimate of drug-likeness (QED) is 0.651. The minimum atomic E-state index is -0.0597. The molecule has 1 heteroatoms. The van der Waals surface area contributed by atoms with Gasteiger partial charge in [-0.15, -0.1) is 0 Å². The van der Waals surface area contributed by atoms with Gasteiger partial charge < -0.3 is 5.11 Å². The van der Waals surface area contributed by atoms with E-state index in [-0.39, 0.29) is 11.5 Å². The first kappa shape index (κ1) is 10.9. The topological polar surface area (TPSA) is 20.2 Å². The van der Waals surface area contributed by atoms with Crippen LogP contribution in [0.15, 0.2) is 23.8 Å². The molecule has 2 aliphatic carbocycles. The van der Waals surface area contributed by atoms with E-state index in [4.69, 9.17) is 0 Å². The summed E-state index contributed by atoms with van der Waals surface area (Å²) in [7, 11) is 0. The Morgan fingerprint density at radius 1 is 1.47 bits per heavy atom. The van der Waals surface area contributed by atoms with E-state index in [0.717, 1.165) is 19.3 Å². The fraction of sp³-hybridized carbons (Fsp3) is 0.714. The first-order valence-electron chi connectivity index (χ1n) is 6.12. The molecular formula is C14H22O. The number of hydrogen-bond donors (Lipinski definition) is 1. The number of aliphatic hydroxyl groups is 1. The minimum Gasteiger partial charge on any atom is -0.393 e. The fourth-order valence-electron chi connectivity index (χ4n) is 3.24. The summed E-state index contributed by atoms with van der Waals surface area (Å²) in [6.07, 6.45) is 12.5. The molecule has 0 amide bonds. The van der Waals surface area contributed by atoms with Crippen LogP contribution in [-0.4, -0.2) is 11.2 Å². The van der Waals surface area contributed by atoms with Crippen LogP contribution in [0.5, 0.6) is 0 Å². The average molecular weight is 206 g/mol. The molecule has 0 radical (unpaired) electrons. The van der Waals surface area contributed by atoms with Crippen molar-refractivity contribution in [3.05, 3.63) is 23.8 Å². The van der Waals surface area contributed by atoms with Crippen LogP contribution in [0.2, 0.25) is 0 Å². The van der Waals surface area contributed by atoms with E-state index in [1.807, 2.05) is 0 Å². The van der Waals surface area contributed by atoms with Crippen molar-refractivity contribution >= 4 is 0 Å². The van der Waals surface area contributed by atoms with Crippen molar-refractivity contribution in [2.75, 3.05) is 0 Å². The zero-order valence-electron chi connectivity index (χ0n) is 9.87. The first-order chi connectivity index (χ1) is 7.12. The van der Waals surface area contributed by atoms with Crippen LogP contribution in [0.4, 0.5) is 0 Å². The van der Waals surface area contributed by atoms with Crippen molar-refractivity contribution < 1.29 is 5.11 Å². The largest absolute Gasteiger partial charge is 0.393 e. The predicted molar refractivity (Wildman–Crippen MR) is 63.6 cm³/mol. The molecule has 1 fully saturated rings. The van der Waals surface area contributed by atoms with Gasteiger partial charge in [-0.1, -0.05) is 30.2 Å². The van der Waals surface area contributed by atoms with E-state index in [0.29, 0.717) is 5.92 Å². The van der Waals surface area contributed by atoms with Gasteiger partial charge in [0.1, 0.15) is 0 Å². The zero-order chi connectivity index (χ0) is 10.9. The molecule has 0 bridgehead atoms. The third kappa shape index (κ3) is 2.17. The average Bonchev–Trinajstić information content (AvgIpc) is 2.47. The fourth-order valence-corrected chi connectivity index (χ4v) is 3.24. The molecule has 1 N–H and O–H groups in total. The lowest BCUT2D eigenvalue weighted by molar-refractivity contribution is 0.0390. The highest BCUT2D eigenvalue weighted by Crippen LogP contribution is 2.48. The van der Waals surface area contributed by atoms with E-state index >= 15 is 0 Å².